The van der Waals surface area contributed by atoms with Crippen LogP contribution in [0.4, 0.5) is 0 Å². The van der Waals surface area contributed by atoms with E-state index in [0.29, 0.717) is 46.2 Å². The molecule has 0 aliphatic rings. The van der Waals surface area contributed by atoms with Gasteiger partial charge in [-0.1, -0.05) is 30.3 Å². The molecular weight excluding hydrogens is 336 g/mol. The summed E-state index contributed by atoms with van der Waals surface area (Å²) in [6, 6.07) is 10.1. The summed E-state index contributed by atoms with van der Waals surface area (Å²) < 4.78 is 26.7. The fourth-order valence-electron chi connectivity index (χ4n) is 1.99. The van der Waals surface area contributed by atoms with Crippen LogP contribution in [-0.2, 0) is 35.1 Å². The number of benzene rings is 1. The van der Waals surface area contributed by atoms with Crippen molar-refractivity contribution in [1.82, 2.24) is 0 Å². The summed E-state index contributed by atoms with van der Waals surface area (Å²) >= 11 is 0. The van der Waals surface area contributed by atoms with E-state index in [-0.39, 0.29) is 12.6 Å². The first-order chi connectivity index (χ1) is 12.5. The number of hydrogen-bond acceptors (Lipinski definition) is 6. The SMILES string of the molecule is CC(C)(C)OC(=O)COCCOCCOCCCOCc1ccccc1. The third kappa shape index (κ3) is 13.8. The van der Waals surface area contributed by atoms with E-state index in [4.69, 9.17) is 23.7 Å². The Morgan fingerprint density at radius 3 is 2.04 bits per heavy atom. The zero-order valence-electron chi connectivity index (χ0n) is 16.2. The van der Waals surface area contributed by atoms with Gasteiger partial charge in [0.2, 0.25) is 0 Å². The first-order valence-corrected chi connectivity index (χ1v) is 9.04. The largest absolute Gasteiger partial charge is 0.458 e. The summed E-state index contributed by atoms with van der Waals surface area (Å²) in [6.45, 7) is 9.18. The van der Waals surface area contributed by atoms with Gasteiger partial charge in [0.15, 0.2) is 0 Å². The minimum Gasteiger partial charge on any atom is -0.458 e. The molecule has 1 rings (SSSR count). The second-order valence-corrected chi connectivity index (χ2v) is 6.76. The van der Waals surface area contributed by atoms with E-state index < -0.39 is 5.60 Å². The molecule has 0 saturated heterocycles. The zero-order chi connectivity index (χ0) is 19.1. The third-order valence-corrected chi connectivity index (χ3v) is 3.07. The van der Waals surface area contributed by atoms with Gasteiger partial charge in [0, 0.05) is 13.2 Å². The Morgan fingerprint density at radius 1 is 0.808 bits per heavy atom. The maximum atomic E-state index is 11.4. The van der Waals surface area contributed by atoms with Crippen LogP contribution in [0.5, 0.6) is 0 Å². The molecule has 26 heavy (non-hydrogen) atoms. The van der Waals surface area contributed by atoms with E-state index in [0.717, 1.165) is 6.42 Å². The molecule has 0 atom stereocenters. The number of esters is 1. The molecule has 1 aromatic rings. The number of carbonyl (C=O) groups excluding carboxylic acids is 1. The number of rotatable bonds is 14. The summed E-state index contributed by atoms with van der Waals surface area (Å²) in [5, 5.41) is 0. The van der Waals surface area contributed by atoms with E-state index in [1.807, 2.05) is 51.1 Å². The quantitative estimate of drug-likeness (QED) is 0.372. The highest BCUT2D eigenvalue weighted by atomic mass is 16.6. The molecule has 0 aromatic heterocycles. The molecule has 0 unspecified atom stereocenters. The molecule has 0 radical (unpaired) electrons. The van der Waals surface area contributed by atoms with Gasteiger partial charge in [0.05, 0.1) is 33.0 Å². The molecule has 0 fully saturated rings. The lowest BCUT2D eigenvalue weighted by molar-refractivity contribution is -0.160. The van der Waals surface area contributed by atoms with Gasteiger partial charge in [-0.15, -0.1) is 0 Å². The maximum absolute atomic E-state index is 11.4. The van der Waals surface area contributed by atoms with Crippen LogP contribution in [0.2, 0.25) is 0 Å². The van der Waals surface area contributed by atoms with Crippen LogP contribution < -0.4 is 0 Å². The first kappa shape index (κ1) is 22.6. The highest BCUT2D eigenvalue weighted by molar-refractivity contribution is 5.71. The smallest absolute Gasteiger partial charge is 0.332 e. The van der Waals surface area contributed by atoms with Crippen LogP contribution in [0.3, 0.4) is 0 Å². The predicted molar refractivity (Wildman–Crippen MR) is 99.0 cm³/mol. The molecule has 0 aliphatic heterocycles. The Balaban J connectivity index is 1.79. The van der Waals surface area contributed by atoms with Crippen LogP contribution in [0.1, 0.15) is 32.8 Å². The molecule has 0 aliphatic carbocycles. The van der Waals surface area contributed by atoms with Gasteiger partial charge >= 0.3 is 5.97 Å². The summed E-state index contributed by atoms with van der Waals surface area (Å²) in [5.74, 6) is -0.365. The van der Waals surface area contributed by atoms with Gasteiger partial charge in [0.25, 0.3) is 0 Å². The van der Waals surface area contributed by atoms with E-state index in [1.54, 1.807) is 0 Å². The van der Waals surface area contributed by atoms with Crippen molar-refractivity contribution in [1.29, 1.82) is 0 Å². The van der Waals surface area contributed by atoms with Gasteiger partial charge in [-0.3, -0.25) is 0 Å². The van der Waals surface area contributed by atoms with Crippen molar-refractivity contribution >= 4 is 5.97 Å². The third-order valence-electron chi connectivity index (χ3n) is 3.07. The molecular formula is C20H32O6. The van der Waals surface area contributed by atoms with Gasteiger partial charge in [-0.05, 0) is 32.8 Å². The lowest BCUT2D eigenvalue weighted by Crippen LogP contribution is -2.27. The molecule has 0 bridgehead atoms. The Morgan fingerprint density at radius 2 is 1.38 bits per heavy atom. The number of hydrogen-bond donors (Lipinski definition) is 0. The molecule has 6 heteroatoms. The molecule has 0 spiro atoms. The van der Waals surface area contributed by atoms with Crippen molar-refractivity contribution in [3.8, 4) is 0 Å². The Kier molecular flexibility index (Phi) is 11.9. The number of ether oxygens (including phenoxy) is 5. The second-order valence-electron chi connectivity index (χ2n) is 6.76. The fraction of sp³-hybridized carbons (Fsp3) is 0.650. The standard InChI is InChI=1S/C20H32O6/c1-20(2,3)26-19(21)17-25-15-14-23-13-12-22-10-7-11-24-16-18-8-5-4-6-9-18/h4-6,8-9H,7,10-17H2,1-3H3. The van der Waals surface area contributed by atoms with Crippen molar-refractivity contribution in [2.45, 2.75) is 39.4 Å². The average Bonchev–Trinajstić information content (AvgIpc) is 2.58. The molecule has 1 aromatic carbocycles. The van der Waals surface area contributed by atoms with Gasteiger partial charge in [0.1, 0.15) is 12.2 Å². The van der Waals surface area contributed by atoms with E-state index in [2.05, 4.69) is 0 Å². The van der Waals surface area contributed by atoms with Gasteiger partial charge in [-0.2, -0.15) is 0 Å². The number of carbonyl (C=O) groups is 1. The lowest BCUT2D eigenvalue weighted by atomic mass is 10.2. The Labute approximate surface area is 156 Å². The minimum atomic E-state index is -0.485. The average molecular weight is 368 g/mol. The fourth-order valence-corrected chi connectivity index (χ4v) is 1.99. The van der Waals surface area contributed by atoms with Crippen molar-refractivity contribution in [3.63, 3.8) is 0 Å². The summed E-state index contributed by atoms with van der Waals surface area (Å²) in [6.07, 6.45) is 0.853. The second kappa shape index (κ2) is 13.7. The van der Waals surface area contributed by atoms with E-state index >= 15 is 0 Å². The summed E-state index contributed by atoms with van der Waals surface area (Å²) in [5.41, 5.74) is 0.691. The van der Waals surface area contributed by atoms with Crippen LogP contribution in [0.15, 0.2) is 30.3 Å². The van der Waals surface area contributed by atoms with Crippen LogP contribution in [-0.4, -0.2) is 57.8 Å². The van der Waals surface area contributed by atoms with E-state index in [1.165, 1.54) is 5.56 Å². The monoisotopic (exact) mass is 368 g/mol. The molecule has 148 valence electrons. The topological polar surface area (TPSA) is 63.2 Å². The van der Waals surface area contributed by atoms with Crippen molar-refractivity contribution in [3.05, 3.63) is 35.9 Å². The van der Waals surface area contributed by atoms with Gasteiger partial charge in [-0.25, -0.2) is 4.79 Å². The lowest BCUT2D eigenvalue weighted by Gasteiger charge is -2.19. The zero-order valence-corrected chi connectivity index (χ0v) is 16.2. The Hall–Kier alpha value is -1.47. The highest BCUT2D eigenvalue weighted by Crippen LogP contribution is 2.06. The predicted octanol–water partition coefficient (Wildman–Crippen LogP) is 2.98. The Bertz CT molecular complexity index is 469. The highest BCUT2D eigenvalue weighted by Gasteiger charge is 2.15. The summed E-state index contributed by atoms with van der Waals surface area (Å²) in [4.78, 5) is 11.4. The van der Waals surface area contributed by atoms with Crippen molar-refractivity contribution < 1.29 is 28.5 Å². The van der Waals surface area contributed by atoms with Gasteiger partial charge < -0.3 is 23.7 Å². The molecule has 0 heterocycles. The first-order valence-electron chi connectivity index (χ1n) is 9.04. The molecule has 0 N–H and O–H groups in total. The van der Waals surface area contributed by atoms with E-state index in [9.17, 15) is 4.79 Å². The van der Waals surface area contributed by atoms with Crippen LogP contribution in [0.25, 0.3) is 0 Å². The van der Waals surface area contributed by atoms with Crippen LogP contribution >= 0.6 is 0 Å². The maximum Gasteiger partial charge on any atom is 0.332 e. The van der Waals surface area contributed by atoms with Crippen LogP contribution in [0, 0.1) is 0 Å². The molecule has 6 nitrogen and oxygen atoms in total. The minimum absolute atomic E-state index is 0.0554. The van der Waals surface area contributed by atoms with Crippen molar-refractivity contribution in [2.24, 2.45) is 0 Å². The normalized spacial score (nSPS) is 11.5. The molecule has 0 amide bonds. The summed E-state index contributed by atoms with van der Waals surface area (Å²) in [7, 11) is 0. The van der Waals surface area contributed by atoms with Crippen molar-refractivity contribution in [2.75, 3.05) is 46.2 Å². The molecule has 0 saturated carbocycles.